The molecule has 4 aromatic rings. The number of hydrogen-bond acceptors (Lipinski definition) is 6. The Hall–Kier alpha value is -3.71. The predicted octanol–water partition coefficient (Wildman–Crippen LogP) is 5.83. The largest absolute Gasteiger partial charge is 0.462 e. The minimum Gasteiger partial charge on any atom is -0.462 e. The van der Waals surface area contributed by atoms with E-state index in [4.69, 9.17) is 9.15 Å². The number of carbonyl (C=O) groups is 2. The Morgan fingerprint density at radius 1 is 1.06 bits per heavy atom. The summed E-state index contributed by atoms with van der Waals surface area (Å²) in [5.74, 6) is -0.754. The maximum absolute atomic E-state index is 13.2. The first kappa shape index (κ1) is 22.1. The van der Waals surface area contributed by atoms with Gasteiger partial charge >= 0.3 is 11.6 Å². The van der Waals surface area contributed by atoms with Gasteiger partial charge in [-0.2, -0.15) is 0 Å². The van der Waals surface area contributed by atoms with Crippen LogP contribution in [0.3, 0.4) is 0 Å². The number of benzene rings is 2. The molecule has 0 saturated heterocycles. The van der Waals surface area contributed by atoms with Gasteiger partial charge in [0.1, 0.15) is 10.6 Å². The second-order valence-corrected chi connectivity index (χ2v) is 9.26. The molecule has 5 rings (SSSR count). The molecule has 1 aliphatic rings. The van der Waals surface area contributed by atoms with Crippen molar-refractivity contribution in [2.75, 3.05) is 11.9 Å². The minimum atomic E-state index is -0.466. The van der Waals surface area contributed by atoms with E-state index in [9.17, 15) is 14.4 Å². The first-order valence-electron chi connectivity index (χ1n) is 11.3. The summed E-state index contributed by atoms with van der Waals surface area (Å²) in [6.07, 6.45) is 3.79. The van der Waals surface area contributed by atoms with Crippen molar-refractivity contribution in [1.82, 2.24) is 0 Å². The van der Waals surface area contributed by atoms with E-state index in [1.165, 1.54) is 11.3 Å². The summed E-state index contributed by atoms with van der Waals surface area (Å²) in [4.78, 5) is 39.6. The molecule has 0 atom stereocenters. The minimum absolute atomic E-state index is 0.271. The molecular weight excluding hydrogens is 450 g/mol. The van der Waals surface area contributed by atoms with E-state index in [1.54, 1.807) is 43.3 Å². The summed E-state index contributed by atoms with van der Waals surface area (Å²) in [5, 5.41) is 4.24. The third-order valence-corrected chi connectivity index (χ3v) is 7.16. The second-order valence-electron chi connectivity index (χ2n) is 8.16. The Kier molecular flexibility index (Phi) is 6.02. The smallest absolute Gasteiger partial charge is 0.344 e. The van der Waals surface area contributed by atoms with Crippen LogP contribution in [0, 0.1) is 0 Å². The van der Waals surface area contributed by atoms with Crippen LogP contribution in [0.15, 0.2) is 63.8 Å². The SMILES string of the molecule is CCOC(=O)c1c(NC(=O)c2cccc(-c3cc4ccccc4oc3=O)c2)sc2c1CCCC2. The maximum Gasteiger partial charge on any atom is 0.344 e. The average Bonchev–Trinajstić information content (AvgIpc) is 3.21. The van der Waals surface area contributed by atoms with Gasteiger partial charge in [-0.25, -0.2) is 9.59 Å². The number of aryl methyl sites for hydroxylation is 1. The summed E-state index contributed by atoms with van der Waals surface area (Å²) in [7, 11) is 0. The van der Waals surface area contributed by atoms with E-state index in [0.29, 0.717) is 32.8 Å². The standard InChI is InChI=1S/C27H23NO5S/c1-2-32-27(31)23-19-11-4-6-13-22(19)34-25(23)28-24(29)18-10-7-9-16(14-18)20-15-17-8-3-5-12-21(17)33-26(20)30/h3,5,7-10,12,14-15H,2,4,6,11,13H2,1H3,(H,28,29). The van der Waals surface area contributed by atoms with Gasteiger partial charge in [-0.05, 0) is 68.0 Å². The molecule has 1 amide bonds. The molecule has 2 aromatic carbocycles. The topological polar surface area (TPSA) is 85.6 Å². The number of esters is 1. The lowest BCUT2D eigenvalue weighted by Gasteiger charge is -2.12. The molecule has 0 aliphatic heterocycles. The molecule has 6 nitrogen and oxygen atoms in total. The molecule has 0 radical (unpaired) electrons. The van der Waals surface area contributed by atoms with Gasteiger partial charge in [-0.15, -0.1) is 11.3 Å². The zero-order valence-electron chi connectivity index (χ0n) is 18.7. The van der Waals surface area contributed by atoms with Gasteiger partial charge in [0, 0.05) is 15.8 Å². The first-order valence-corrected chi connectivity index (χ1v) is 12.1. The lowest BCUT2D eigenvalue weighted by molar-refractivity contribution is 0.0526. The van der Waals surface area contributed by atoms with Crippen molar-refractivity contribution in [1.29, 1.82) is 0 Å². The number of anilines is 1. The Morgan fingerprint density at radius 3 is 2.74 bits per heavy atom. The molecule has 1 N–H and O–H groups in total. The van der Waals surface area contributed by atoms with Crippen LogP contribution in [0.25, 0.3) is 22.1 Å². The van der Waals surface area contributed by atoms with Crippen LogP contribution >= 0.6 is 11.3 Å². The zero-order chi connectivity index (χ0) is 23.7. The van der Waals surface area contributed by atoms with Crippen LogP contribution in [0.2, 0.25) is 0 Å². The number of ether oxygens (including phenoxy) is 1. The number of carbonyl (C=O) groups excluding carboxylic acids is 2. The lowest BCUT2D eigenvalue weighted by atomic mass is 9.95. The summed E-state index contributed by atoms with van der Waals surface area (Å²) in [6, 6.07) is 15.9. The summed E-state index contributed by atoms with van der Waals surface area (Å²) >= 11 is 1.45. The van der Waals surface area contributed by atoms with Crippen molar-refractivity contribution in [3.63, 3.8) is 0 Å². The van der Waals surface area contributed by atoms with Crippen molar-refractivity contribution in [2.45, 2.75) is 32.6 Å². The highest BCUT2D eigenvalue weighted by molar-refractivity contribution is 7.17. The number of rotatable bonds is 5. The molecule has 0 saturated carbocycles. The quantitative estimate of drug-likeness (QED) is 0.291. The number of amides is 1. The van der Waals surface area contributed by atoms with Crippen LogP contribution < -0.4 is 10.9 Å². The van der Waals surface area contributed by atoms with Crippen LogP contribution in [0.4, 0.5) is 5.00 Å². The highest BCUT2D eigenvalue weighted by atomic mass is 32.1. The van der Waals surface area contributed by atoms with E-state index in [-0.39, 0.29) is 12.5 Å². The fraction of sp³-hybridized carbons (Fsp3) is 0.222. The van der Waals surface area contributed by atoms with Crippen LogP contribution in [0.5, 0.6) is 0 Å². The predicted molar refractivity (Wildman–Crippen MR) is 133 cm³/mol. The molecule has 0 unspecified atom stereocenters. The molecule has 7 heteroatoms. The third kappa shape index (κ3) is 4.15. The Morgan fingerprint density at radius 2 is 1.88 bits per heavy atom. The Bertz CT molecular complexity index is 1470. The van der Waals surface area contributed by atoms with E-state index in [2.05, 4.69) is 5.32 Å². The summed E-state index contributed by atoms with van der Waals surface area (Å²) in [5.41, 5.74) is 2.86. The normalized spacial score (nSPS) is 12.9. The van der Waals surface area contributed by atoms with Crippen molar-refractivity contribution in [2.24, 2.45) is 0 Å². The third-order valence-electron chi connectivity index (χ3n) is 5.96. The molecule has 2 aromatic heterocycles. The van der Waals surface area contributed by atoms with Gasteiger partial charge < -0.3 is 14.5 Å². The van der Waals surface area contributed by atoms with Crippen molar-refractivity contribution >= 4 is 39.2 Å². The molecular formula is C27H23NO5S. The number of fused-ring (bicyclic) bond motifs is 2. The molecule has 0 bridgehead atoms. The van der Waals surface area contributed by atoms with Crippen molar-refractivity contribution in [3.05, 3.63) is 86.6 Å². The maximum atomic E-state index is 13.2. The molecule has 0 fully saturated rings. The average molecular weight is 474 g/mol. The van der Waals surface area contributed by atoms with Crippen LogP contribution in [-0.2, 0) is 17.6 Å². The summed E-state index contributed by atoms with van der Waals surface area (Å²) < 4.78 is 10.7. The molecule has 1 aliphatic carbocycles. The fourth-order valence-electron chi connectivity index (χ4n) is 4.34. The number of hydrogen-bond donors (Lipinski definition) is 1. The van der Waals surface area contributed by atoms with Gasteiger partial charge in [0.2, 0.25) is 0 Å². The van der Waals surface area contributed by atoms with Gasteiger partial charge in [-0.1, -0.05) is 30.3 Å². The van der Waals surface area contributed by atoms with E-state index < -0.39 is 11.6 Å². The van der Waals surface area contributed by atoms with Gasteiger partial charge in [0.15, 0.2) is 0 Å². The van der Waals surface area contributed by atoms with E-state index in [1.807, 2.05) is 18.2 Å². The highest BCUT2D eigenvalue weighted by Gasteiger charge is 2.27. The van der Waals surface area contributed by atoms with E-state index >= 15 is 0 Å². The molecule has 34 heavy (non-hydrogen) atoms. The van der Waals surface area contributed by atoms with Gasteiger partial charge in [0.25, 0.3) is 5.91 Å². The number of thiophene rings is 1. The lowest BCUT2D eigenvalue weighted by Crippen LogP contribution is -2.16. The number of para-hydroxylation sites is 1. The molecule has 172 valence electrons. The number of nitrogens with one attached hydrogen (secondary N) is 1. The van der Waals surface area contributed by atoms with Crippen LogP contribution in [0.1, 0.15) is 50.9 Å². The van der Waals surface area contributed by atoms with Crippen LogP contribution in [-0.4, -0.2) is 18.5 Å². The highest BCUT2D eigenvalue weighted by Crippen LogP contribution is 2.39. The van der Waals surface area contributed by atoms with E-state index in [0.717, 1.165) is 41.5 Å². The fourth-order valence-corrected chi connectivity index (χ4v) is 5.61. The second kappa shape index (κ2) is 9.27. The van der Waals surface area contributed by atoms with Gasteiger partial charge in [0.05, 0.1) is 17.7 Å². The van der Waals surface area contributed by atoms with Gasteiger partial charge in [-0.3, -0.25) is 4.79 Å². The van der Waals surface area contributed by atoms with Crippen molar-refractivity contribution < 1.29 is 18.7 Å². The Labute approximate surface area is 200 Å². The van der Waals surface area contributed by atoms with Crippen molar-refractivity contribution in [3.8, 4) is 11.1 Å². The zero-order valence-corrected chi connectivity index (χ0v) is 19.5. The Balaban J connectivity index is 1.48. The summed E-state index contributed by atoms with van der Waals surface area (Å²) in [6.45, 7) is 2.04. The first-order chi connectivity index (χ1) is 16.5. The monoisotopic (exact) mass is 473 g/mol. The molecule has 0 spiro atoms. The molecule has 2 heterocycles.